The standard InChI is InChI=1S/C15H19FN4/c1-3-17-11-13-7-10-15(19-18-13)20(4-2)14-8-5-12(16)6-9-14/h5-10,17H,3-4,11H2,1-2H3. The molecule has 0 unspecified atom stereocenters. The summed E-state index contributed by atoms with van der Waals surface area (Å²) in [5.41, 5.74) is 1.81. The Labute approximate surface area is 118 Å². The Morgan fingerprint density at radius 3 is 2.35 bits per heavy atom. The Hall–Kier alpha value is -2.01. The summed E-state index contributed by atoms with van der Waals surface area (Å²) in [5, 5.41) is 11.7. The lowest BCUT2D eigenvalue weighted by molar-refractivity contribution is 0.627. The van der Waals surface area contributed by atoms with Gasteiger partial charge in [0.1, 0.15) is 5.82 Å². The highest BCUT2D eigenvalue weighted by Gasteiger charge is 2.09. The number of aromatic nitrogens is 2. The van der Waals surface area contributed by atoms with Gasteiger partial charge in [-0.15, -0.1) is 5.10 Å². The fourth-order valence-electron chi connectivity index (χ4n) is 1.94. The maximum atomic E-state index is 13.0. The van der Waals surface area contributed by atoms with E-state index in [0.29, 0.717) is 6.54 Å². The summed E-state index contributed by atoms with van der Waals surface area (Å²) in [6, 6.07) is 10.3. The Morgan fingerprint density at radius 1 is 1.05 bits per heavy atom. The van der Waals surface area contributed by atoms with E-state index < -0.39 is 0 Å². The summed E-state index contributed by atoms with van der Waals surface area (Å²) in [4.78, 5) is 1.99. The predicted octanol–water partition coefficient (Wildman–Crippen LogP) is 2.88. The molecule has 0 amide bonds. The number of hydrogen-bond donors (Lipinski definition) is 1. The average molecular weight is 274 g/mol. The number of halogens is 1. The second-order valence-electron chi connectivity index (χ2n) is 4.38. The highest BCUT2D eigenvalue weighted by molar-refractivity contribution is 5.59. The van der Waals surface area contributed by atoms with Crippen molar-refractivity contribution >= 4 is 11.5 Å². The maximum Gasteiger partial charge on any atom is 0.155 e. The molecule has 1 aromatic heterocycles. The summed E-state index contributed by atoms with van der Waals surface area (Å²) in [7, 11) is 0. The summed E-state index contributed by atoms with van der Waals surface area (Å²) in [6.07, 6.45) is 0. The molecule has 0 atom stereocenters. The van der Waals surface area contributed by atoms with Crippen LogP contribution in [0.3, 0.4) is 0 Å². The van der Waals surface area contributed by atoms with Crippen molar-refractivity contribution in [3.63, 3.8) is 0 Å². The molecule has 0 spiro atoms. The topological polar surface area (TPSA) is 41.0 Å². The molecule has 20 heavy (non-hydrogen) atoms. The van der Waals surface area contributed by atoms with Gasteiger partial charge in [-0.05, 0) is 49.9 Å². The molecule has 0 saturated carbocycles. The highest BCUT2D eigenvalue weighted by atomic mass is 19.1. The van der Waals surface area contributed by atoms with Crippen molar-refractivity contribution in [1.29, 1.82) is 0 Å². The largest absolute Gasteiger partial charge is 0.325 e. The lowest BCUT2D eigenvalue weighted by Crippen LogP contribution is -2.19. The van der Waals surface area contributed by atoms with Gasteiger partial charge in [-0.1, -0.05) is 6.92 Å². The SMILES string of the molecule is CCNCc1ccc(N(CC)c2ccc(F)cc2)nn1. The predicted molar refractivity (Wildman–Crippen MR) is 78.5 cm³/mol. The normalized spacial score (nSPS) is 10.6. The van der Waals surface area contributed by atoms with Crippen molar-refractivity contribution in [3.8, 4) is 0 Å². The van der Waals surface area contributed by atoms with Crippen LogP contribution in [-0.2, 0) is 6.54 Å². The van der Waals surface area contributed by atoms with E-state index in [1.807, 2.05) is 24.0 Å². The first-order valence-electron chi connectivity index (χ1n) is 6.81. The smallest absolute Gasteiger partial charge is 0.155 e. The van der Waals surface area contributed by atoms with Gasteiger partial charge in [0.05, 0.1) is 5.69 Å². The molecule has 0 fully saturated rings. The van der Waals surface area contributed by atoms with Gasteiger partial charge in [-0.2, -0.15) is 5.10 Å². The van der Waals surface area contributed by atoms with Gasteiger partial charge in [-0.3, -0.25) is 0 Å². The first-order valence-corrected chi connectivity index (χ1v) is 6.81. The molecule has 0 aliphatic carbocycles. The number of benzene rings is 1. The second-order valence-corrected chi connectivity index (χ2v) is 4.38. The van der Waals surface area contributed by atoms with Crippen LogP contribution >= 0.6 is 0 Å². The molecule has 0 aliphatic rings. The highest BCUT2D eigenvalue weighted by Crippen LogP contribution is 2.22. The number of hydrogen-bond acceptors (Lipinski definition) is 4. The van der Waals surface area contributed by atoms with Gasteiger partial charge in [-0.25, -0.2) is 4.39 Å². The van der Waals surface area contributed by atoms with Crippen LogP contribution in [0.5, 0.6) is 0 Å². The number of nitrogens with one attached hydrogen (secondary N) is 1. The minimum absolute atomic E-state index is 0.239. The molecule has 1 N–H and O–H groups in total. The van der Waals surface area contributed by atoms with E-state index in [-0.39, 0.29) is 5.82 Å². The van der Waals surface area contributed by atoms with E-state index in [9.17, 15) is 4.39 Å². The zero-order valence-corrected chi connectivity index (χ0v) is 11.8. The molecule has 2 aromatic rings. The van der Waals surface area contributed by atoms with Crippen LogP contribution in [0.2, 0.25) is 0 Å². The monoisotopic (exact) mass is 274 g/mol. The van der Waals surface area contributed by atoms with Gasteiger partial charge in [0.15, 0.2) is 5.82 Å². The van der Waals surface area contributed by atoms with Crippen LogP contribution in [0.25, 0.3) is 0 Å². The fraction of sp³-hybridized carbons (Fsp3) is 0.333. The maximum absolute atomic E-state index is 13.0. The summed E-state index contributed by atoms with van der Waals surface area (Å²) >= 11 is 0. The van der Waals surface area contributed by atoms with Crippen molar-refractivity contribution in [1.82, 2.24) is 15.5 Å². The van der Waals surface area contributed by atoms with Gasteiger partial charge >= 0.3 is 0 Å². The Morgan fingerprint density at radius 2 is 1.80 bits per heavy atom. The van der Waals surface area contributed by atoms with E-state index in [2.05, 4.69) is 22.4 Å². The van der Waals surface area contributed by atoms with Gasteiger partial charge in [0.2, 0.25) is 0 Å². The van der Waals surface area contributed by atoms with E-state index in [1.165, 1.54) is 12.1 Å². The van der Waals surface area contributed by atoms with Crippen molar-refractivity contribution in [3.05, 3.63) is 47.9 Å². The molecule has 106 valence electrons. The lowest BCUT2D eigenvalue weighted by atomic mass is 10.2. The third-order valence-corrected chi connectivity index (χ3v) is 2.99. The van der Waals surface area contributed by atoms with E-state index in [4.69, 9.17) is 0 Å². The molecule has 1 heterocycles. The lowest BCUT2D eigenvalue weighted by Gasteiger charge is -2.21. The van der Waals surface area contributed by atoms with Gasteiger partial charge in [0, 0.05) is 18.8 Å². The Bertz CT molecular complexity index is 525. The minimum atomic E-state index is -0.239. The zero-order valence-electron chi connectivity index (χ0n) is 11.8. The van der Waals surface area contributed by atoms with Crippen LogP contribution in [0.15, 0.2) is 36.4 Å². The van der Waals surface area contributed by atoms with Gasteiger partial charge in [0.25, 0.3) is 0 Å². The Balaban J connectivity index is 2.17. The zero-order chi connectivity index (χ0) is 14.4. The third kappa shape index (κ3) is 3.51. The van der Waals surface area contributed by atoms with Crippen molar-refractivity contribution in [2.24, 2.45) is 0 Å². The molecule has 1 aromatic carbocycles. The molecule has 5 heteroatoms. The number of nitrogens with zero attached hydrogens (tertiary/aromatic N) is 3. The van der Waals surface area contributed by atoms with Crippen LogP contribution in [0.4, 0.5) is 15.9 Å². The number of anilines is 2. The van der Waals surface area contributed by atoms with Crippen LogP contribution in [-0.4, -0.2) is 23.3 Å². The molecule has 0 aliphatic heterocycles. The van der Waals surface area contributed by atoms with Crippen LogP contribution < -0.4 is 10.2 Å². The quantitative estimate of drug-likeness (QED) is 0.879. The second kappa shape index (κ2) is 6.96. The fourth-order valence-corrected chi connectivity index (χ4v) is 1.94. The average Bonchev–Trinajstić information content (AvgIpc) is 2.49. The third-order valence-electron chi connectivity index (χ3n) is 2.99. The van der Waals surface area contributed by atoms with E-state index in [1.54, 1.807) is 12.1 Å². The van der Waals surface area contributed by atoms with E-state index in [0.717, 1.165) is 30.3 Å². The molecule has 0 bridgehead atoms. The molecular weight excluding hydrogens is 255 g/mol. The first-order chi connectivity index (χ1) is 9.74. The van der Waals surface area contributed by atoms with E-state index >= 15 is 0 Å². The van der Waals surface area contributed by atoms with Gasteiger partial charge < -0.3 is 10.2 Å². The van der Waals surface area contributed by atoms with Crippen LogP contribution in [0, 0.1) is 5.82 Å². The minimum Gasteiger partial charge on any atom is -0.325 e. The summed E-state index contributed by atoms with van der Waals surface area (Å²) in [6.45, 7) is 6.44. The molecule has 0 saturated heterocycles. The van der Waals surface area contributed by atoms with Crippen molar-refractivity contribution < 1.29 is 4.39 Å². The Kier molecular flexibility index (Phi) is 5.01. The van der Waals surface area contributed by atoms with Crippen molar-refractivity contribution in [2.75, 3.05) is 18.0 Å². The summed E-state index contributed by atoms with van der Waals surface area (Å²) < 4.78 is 13.0. The van der Waals surface area contributed by atoms with Crippen LogP contribution in [0.1, 0.15) is 19.5 Å². The molecule has 2 rings (SSSR count). The summed E-state index contributed by atoms with van der Waals surface area (Å²) in [5.74, 6) is 0.524. The first kappa shape index (κ1) is 14.4. The molecular formula is C15H19FN4. The molecule has 4 nitrogen and oxygen atoms in total. The number of rotatable bonds is 6. The molecule has 0 radical (unpaired) electrons. The van der Waals surface area contributed by atoms with Crippen molar-refractivity contribution in [2.45, 2.75) is 20.4 Å².